The number of piperidine rings is 1. The highest BCUT2D eigenvalue weighted by atomic mass is 19.1. The molecule has 0 spiro atoms. The quantitative estimate of drug-likeness (QED) is 0.732. The summed E-state index contributed by atoms with van der Waals surface area (Å²) in [6.07, 6.45) is 3.02. The fraction of sp³-hybridized carbons (Fsp3) is 0.500. The lowest BCUT2D eigenvalue weighted by Crippen LogP contribution is -2.56. The maximum Gasteiger partial charge on any atom is 0.273 e. The van der Waals surface area contributed by atoms with Crippen molar-refractivity contribution in [2.75, 3.05) is 33.7 Å². The molecule has 1 aromatic heterocycles. The van der Waals surface area contributed by atoms with Gasteiger partial charge in [-0.25, -0.2) is 13.2 Å². The normalized spacial score (nSPS) is 21.4. The third-order valence-corrected chi connectivity index (χ3v) is 5.98. The SMILES string of the molecule is CN(C)C(=O)[C@@H]1CN(CC2CC2)CC[C@H]1NC(=O)c1cc(-c2c(F)cc(F)cc2F)on1. The summed E-state index contributed by atoms with van der Waals surface area (Å²) in [5.74, 6) is -4.13. The molecule has 1 saturated heterocycles. The molecule has 1 N–H and O–H groups in total. The molecule has 1 saturated carbocycles. The summed E-state index contributed by atoms with van der Waals surface area (Å²) in [6.45, 7) is 2.27. The van der Waals surface area contributed by atoms with Crippen molar-refractivity contribution in [3.63, 3.8) is 0 Å². The molecule has 2 aliphatic rings. The lowest BCUT2D eigenvalue weighted by atomic mass is 9.90. The predicted molar refractivity (Wildman–Crippen MR) is 109 cm³/mol. The van der Waals surface area contributed by atoms with Crippen molar-refractivity contribution in [3.05, 3.63) is 41.3 Å². The number of rotatable bonds is 6. The van der Waals surface area contributed by atoms with Crippen LogP contribution < -0.4 is 5.32 Å². The molecular weight excluding hydrogens is 425 g/mol. The molecule has 2 heterocycles. The number of hydrogen-bond donors (Lipinski definition) is 1. The van der Waals surface area contributed by atoms with Crippen LogP contribution in [0.5, 0.6) is 0 Å². The number of likely N-dealkylation sites (tertiary alicyclic amines) is 1. The van der Waals surface area contributed by atoms with Gasteiger partial charge in [0.1, 0.15) is 17.5 Å². The van der Waals surface area contributed by atoms with Crippen molar-refractivity contribution in [3.8, 4) is 11.3 Å². The zero-order valence-electron chi connectivity index (χ0n) is 17.9. The van der Waals surface area contributed by atoms with Crippen LogP contribution in [0.4, 0.5) is 13.2 Å². The third-order valence-electron chi connectivity index (χ3n) is 5.98. The molecule has 32 heavy (non-hydrogen) atoms. The van der Waals surface area contributed by atoms with Crippen molar-refractivity contribution in [2.24, 2.45) is 11.8 Å². The van der Waals surface area contributed by atoms with E-state index in [1.807, 2.05) is 0 Å². The van der Waals surface area contributed by atoms with Gasteiger partial charge >= 0.3 is 0 Å². The number of nitrogens with zero attached hydrogens (tertiary/aromatic N) is 3. The summed E-state index contributed by atoms with van der Waals surface area (Å²) in [5, 5.41) is 6.44. The van der Waals surface area contributed by atoms with Crippen molar-refractivity contribution in [1.82, 2.24) is 20.3 Å². The second-order valence-electron chi connectivity index (χ2n) is 8.73. The molecule has 1 aliphatic carbocycles. The number of hydrogen-bond acceptors (Lipinski definition) is 5. The van der Waals surface area contributed by atoms with Gasteiger partial charge in [0.25, 0.3) is 5.91 Å². The topological polar surface area (TPSA) is 78.7 Å². The van der Waals surface area contributed by atoms with Crippen molar-refractivity contribution in [2.45, 2.75) is 25.3 Å². The smallest absolute Gasteiger partial charge is 0.273 e. The van der Waals surface area contributed by atoms with Crippen LogP contribution in [0, 0.1) is 29.3 Å². The van der Waals surface area contributed by atoms with Gasteiger partial charge in [0.2, 0.25) is 5.91 Å². The predicted octanol–water partition coefficient (Wildman–Crippen LogP) is 2.68. The van der Waals surface area contributed by atoms with E-state index in [4.69, 9.17) is 4.52 Å². The second kappa shape index (κ2) is 8.93. The van der Waals surface area contributed by atoms with E-state index in [9.17, 15) is 22.8 Å². The zero-order chi connectivity index (χ0) is 23.0. The summed E-state index contributed by atoms with van der Waals surface area (Å²) in [4.78, 5) is 29.3. The Balaban J connectivity index is 1.48. The van der Waals surface area contributed by atoms with E-state index in [1.54, 1.807) is 14.1 Å². The lowest BCUT2D eigenvalue weighted by Gasteiger charge is -2.39. The Morgan fingerprint density at radius 3 is 2.47 bits per heavy atom. The number of carbonyl (C=O) groups excluding carboxylic acids is 2. The van der Waals surface area contributed by atoms with Gasteiger partial charge in [-0.05, 0) is 25.2 Å². The lowest BCUT2D eigenvalue weighted by molar-refractivity contribution is -0.135. The van der Waals surface area contributed by atoms with Crippen LogP contribution >= 0.6 is 0 Å². The van der Waals surface area contributed by atoms with Gasteiger partial charge in [0, 0.05) is 58.0 Å². The van der Waals surface area contributed by atoms with E-state index in [1.165, 1.54) is 17.7 Å². The van der Waals surface area contributed by atoms with Crippen LogP contribution in [-0.2, 0) is 4.79 Å². The fourth-order valence-electron chi connectivity index (χ4n) is 4.13. The number of carbonyl (C=O) groups is 2. The van der Waals surface area contributed by atoms with E-state index < -0.39 is 40.9 Å². The van der Waals surface area contributed by atoms with E-state index in [0.717, 1.165) is 19.2 Å². The van der Waals surface area contributed by atoms with Crippen LogP contribution in [0.1, 0.15) is 29.8 Å². The Kier molecular flexibility index (Phi) is 6.23. The number of benzene rings is 1. The second-order valence-corrected chi connectivity index (χ2v) is 8.73. The molecule has 172 valence electrons. The fourth-order valence-corrected chi connectivity index (χ4v) is 4.13. The molecule has 7 nitrogen and oxygen atoms in total. The highest BCUT2D eigenvalue weighted by molar-refractivity contribution is 5.94. The molecule has 2 amide bonds. The standard InChI is InChI=1S/C22H25F3N4O3/c1-28(2)22(31)14-11-29(10-12-3-4-12)6-5-17(14)26-21(30)18-9-19(32-27-18)20-15(24)7-13(23)8-16(20)25/h7-9,12,14,17H,3-6,10-11H2,1-2H3,(H,26,30)/t14-,17-/m1/s1. The largest absolute Gasteiger partial charge is 0.355 e. The van der Waals surface area contributed by atoms with Gasteiger partial charge in [0.15, 0.2) is 11.5 Å². The maximum absolute atomic E-state index is 14.0. The molecule has 1 aliphatic heterocycles. The highest BCUT2D eigenvalue weighted by Gasteiger charge is 2.38. The molecular formula is C22H25F3N4O3. The Hall–Kier alpha value is -2.88. The monoisotopic (exact) mass is 450 g/mol. The van der Waals surface area contributed by atoms with Gasteiger partial charge in [-0.15, -0.1) is 0 Å². The number of aromatic nitrogens is 1. The first kappa shape index (κ1) is 22.3. The average Bonchev–Trinajstić information content (AvgIpc) is 3.41. The van der Waals surface area contributed by atoms with Crippen molar-refractivity contribution in [1.29, 1.82) is 0 Å². The maximum atomic E-state index is 14.0. The summed E-state index contributed by atoms with van der Waals surface area (Å²) < 4.78 is 46.1. The molecule has 0 radical (unpaired) electrons. The van der Waals surface area contributed by atoms with Gasteiger partial charge in [0.05, 0.1) is 11.5 Å². The molecule has 2 aromatic rings. The number of halogens is 3. The Morgan fingerprint density at radius 1 is 1.16 bits per heavy atom. The average molecular weight is 450 g/mol. The molecule has 0 bridgehead atoms. The van der Waals surface area contributed by atoms with E-state index in [-0.39, 0.29) is 17.4 Å². The first-order valence-corrected chi connectivity index (χ1v) is 10.6. The summed E-state index contributed by atoms with van der Waals surface area (Å²) in [5.41, 5.74) is -0.786. The third kappa shape index (κ3) is 4.79. The highest BCUT2D eigenvalue weighted by Crippen LogP contribution is 2.32. The minimum atomic E-state index is -1.16. The molecule has 0 unspecified atom stereocenters. The molecule has 4 rings (SSSR count). The molecule has 1 aromatic carbocycles. The first-order chi connectivity index (χ1) is 15.2. The van der Waals surface area contributed by atoms with Crippen LogP contribution in [-0.4, -0.2) is 66.5 Å². The molecule has 2 fully saturated rings. The summed E-state index contributed by atoms with van der Waals surface area (Å²) >= 11 is 0. The van der Waals surface area contributed by atoms with Crippen LogP contribution in [0.2, 0.25) is 0 Å². The van der Waals surface area contributed by atoms with E-state index in [2.05, 4.69) is 15.4 Å². The van der Waals surface area contributed by atoms with Gasteiger partial charge in [-0.3, -0.25) is 9.59 Å². The van der Waals surface area contributed by atoms with Crippen molar-refractivity contribution >= 4 is 11.8 Å². The molecule has 10 heteroatoms. The summed E-state index contributed by atoms with van der Waals surface area (Å²) in [6, 6.07) is 1.73. The first-order valence-electron chi connectivity index (χ1n) is 10.6. The van der Waals surface area contributed by atoms with Crippen LogP contribution in [0.3, 0.4) is 0 Å². The Labute approximate surface area is 183 Å². The number of amides is 2. The van der Waals surface area contributed by atoms with E-state index >= 15 is 0 Å². The Bertz CT molecular complexity index is 999. The van der Waals surface area contributed by atoms with Gasteiger partial charge < -0.3 is 19.6 Å². The number of nitrogens with one attached hydrogen (secondary N) is 1. The van der Waals surface area contributed by atoms with Gasteiger partial charge in [-0.1, -0.05) is 5.16 Å². The van der Waals surface area contributed by atoms with Crippen LogP contribution in [0.15, 0.2) is 22.7 Å². The van der Waals surface area contributed by atoms with Gasteiger partial charge in [-0.2, -0.15) is 0 Å². The van der Waals surface area contributed by atoms with Crippen molar-refractivity contribution < 1.29 is 27.3 Å². The van der Waals surface area contributed by atoms with E-state index in [0.29, 0.717) is 31.0 Å². The Morgan fingerprint density at radius 2 is 1.84 bits per heavy atom. The summed E-state index contributed by atoms with van der Waals surface area (Å²) in [7, 11) is 3.35. The minimum absolute atomic E-state index is 0.0768. The van der Waals surface area contributed by atoms with Crippen LogP contribution in [0.25, 0.3) is 11.3 Å². The minimum Gasteiger partial charge on any atom is -0.355 e. The zero-order valence-corrected chi connectivity index (χ0v) is 17.9. The molecule has 2 atom stereocenters.